The number of piperidine rings is 1. The van der Waals surface area contributed by atoms with Crippen molar-refractivity contribution in [2.75, 3.05) is 19.8 Å². The van der Waals surface area contributed by atoms with Crippen LogP contribution in [0.3, 0.4) is 0 Å². The maximum Gasteiger partial charge on any atom is 0.410 e. The third kappa shape index (κ3) is 4.36. The highest BCUT2D eigenvalue weighted by Crippen LogP contribution is 2.67. The Morgan fingerprint density at radius 2 is 2.04 bits per heavy atom. The lowest BCUT2D eigenvalue weighted by Gasteiger charge is -2.35. The van der Waals surface area contributed by atoms with Crippen molar-refractivity contribution in [3.05, 3.63) is 35.9 Å². The number of alkyl halides is 2. The molecule has 3 aliphatic rings. The predicted octanol–water partition coefficient (Wildman–Crippen LogP) is 4.67. The third-order valence-electron chi connectivity index (χ3n) is 5.79. The molecule has 0 aromatic heterocycles. The fourth-order valence-corrected chi connectivity index (χ4v) is 6.23. The van der Waals surface area contributed by atoms with Crippen LogP contribution in [0.25, 0.3) is 0 Å². The van der Waals surface area contributed by atoms with Crippen molar-refractivity contribution >= 4 is 38.0 Å². The van der Waals surface area contributed by atoms with E-state index in [1.165, 1.54) is 0 Å². The molecule has 3 fully saturated rings. The van der Waals surface area contributed by atoms with E-state index in [-0.39, 0.29) is 28.3 Å². The van der Waals surface area contributed by atoms with Gasteiger partial charge < -0.3 is 19.1 Å². The Balaban J connectivity index is 1.38. The van der Waals surface area contributed by atoms with Gasteiger partial charge in [0.2, 0.25) is 0 Å². The van der Waals surface area contributed by atoms with Crippen LogP contribution in [0.2, 0.25) is 0 Å². The quantitative estimate of drug-likeness (QED) is 0.549. The summed E-state index contributed by atoms with van der Waals surface area (Å²) >= 11 is 7.58. The van der Waals surface area contributed by atoms with Crippen molar-refractivity contribution in [1.82, 2.24) is 4.90 Å². The Morgan fingerprint density at radius 1 is 1.22 bits per heavy atom. The summed E-state index contributed by atoms with van der Waals surface area (Å²) < 4.78 is 17.2. The number of likely N-dealkylation sites (tertiary alicyclic amines) is 1. The minimum absolute atomic E-state index is 0.0173. The number of rotatable bonds is 5. The molecule has 2 heterocycles. The highest BCUT2D eigenvalue weighted by molar-refractivity contribution is 9.25. The Kier molecular flexibility index (Phi) is 6.12. The normalized spacial score (nSPS) is 31.9. The van der Waals surface area contributed by atoms with Crippen LogP contribution in [0.4, 0.5) is 4.79 Å². The van der Waals surface area contributed by atoms with Crippen molar-refractivity contribution < 1.29 is 19.0 Å². The van der Waals surface area contributed by atoms with E-state index in [0.29, 0.717) is 25.0 Å². The summed E-state index contributed by atoms with van der Waals surface area (Å²) in [4.78, 5) is 14.6. The number of halogens is 2. The molecular formula is C20H25Br2NO4. The van der Waals surface area contributed by atoms with Gasteiger partial charge in [0, 0.05) is 19.1 Å². The largest absolute Gasteiger partial charge is 0.445 e. The van der Waals surface area contributed by atoms with Gasteiger partial charge in [0.05, 0.1) is 15.9 Å². The van der Waals surface area contributed by atoms with E-state index in [9.17, 15) is 4.79 Å². The minimum atomic E-state index is -0.266. The lowest BCUT2D eigenvalue weighted by Crippen LogP contribution is -2.49. The van der Waals surface area contributed by atoms with Gasteiger partial charge in [-0.05, 0) is 37.2 Å². The van der Waals surface area contributed by atoms with Gasteiger partial charge in [-0.15, -0.1) is 0 Å². The molecule has 27 heavy (non-hydrogen) atoms. The van der Waals surface area contributed by atoms with Gasteiger partial charge in [-0.2, -0.15) is 0 Å². The smallest absolute Gasteiger partial charge is 0.410 e. The Morgan fingerprint density at radius 3 is 2.78 bits per heavy atom. The first-order valence-electron chi connectivity index (χ1n) is 9.65. The van der Waals surface area contributed by atoms with Crippen molar-refractivity contribution in [3.63, 3.8) is 0 Å². The number of carbonyl (C=O) groups excluding carboxylic acids is 1. The molecule has 0 bridgehead atoms. The minimum Gasteiger partial charge on any atom is -0.445 e. The summed E-state index contributed by atoms with van der Waals surface area (Å²) in [6.45, 7) is 2.21. The van der Waals surface area contributed by atoms with E-state index < -0.39 is 0 Å². The average molecular weight is 503 g/mol. The number of carbonyl (C=O) groups is 1. The second kappa shape index (κ2) is 8.39. The summed E-state index contributed by atoms with van der Waals surface area (Å²) in [5, 5.41) is 0. The highest BCUT2D eigenvalue weighted by Gasteiger charge is 2.68. The summed E-state index contributed by atoms with van der Waals surface area (Å²) in [6.07, 6.45) is 3.69. The zero-order valence-corrected chi connectivity index (χ0v) is 18.4. The Hall–Kier alpha value is -0.630. The molecule has 5 nitrogen and oxygen atoms in total. The third-order valence-corrected chi connectivity index (χ3v) is 8.02. The summed E-state index contributed by atoms with van der Waals surface area (Å²) in [5.41, 5.74) is 0.992. The van der Waals surface area contributed by atoms with Crippen LogP contribution in [0.15, 0.2) is 30.3 Å². The van der Waals surface area contributed by atoms with Crippen molar-refractivity contribution in [2.24, 2.45) is 11.8 Å². The Labute approximate surface area is 177 Å². The van der Waals surface area contributed by atoms with E-state index in [0.717, 1.165) is 37.9 Å². The van der Waals surface area contributed by atoms with Crippen LogP contribution < -0.4 is 0 Å². The number of hydrogen-bond acceptors (Lipinski definition) is 4. The van der Waals surface area contributed by atoms with Crippen molar-refractivity contribution in [2.45, 2.75) is 47.9 Å². The summed E-state index contributed by atoms with van der Waals surface area (Å²) in [7, 11) is 0. The molecule has 7 heteroatoms. The molecule has 148 valence electrons. The zero-order chi connectivity index (χ0) is 18.9. The molecule has 1 aliphatic carbocycles. The average Bonchev–Trinajstić information content (AvgIpc) is 3.27. The van der Waals surface area contributed by atoms with Crippen LogP contribution >= 0.6 is 31.9 Å². The van der Waals surface area contributed by atoms with Crippen LogP contribution in [0.5, 0.6) is 0 Å². The van der Waals surface area contributed by atoms with Crippen molar-refractivity contribution in [3.8, 4) is 0 Å². The highest BCUT2D eigenvalue weighted by atomic mass is 79.9. The van der Waals surface area contributed by atoms with E-state index in [1.807, 2.05) is 35.2 Å². The van der Waals surface area contributed by atoms with Crippen molar-refractivity contribution in [1.29, 1.82) is 0 Å². The van der Waals surface area contributed by atoms with E-state index >= 15 is 0 Å². The molecule has 1 saturated carbocycles. The monoisotopic (exact) mass is 501 g/mol. The van der Waals surface area contributed by atoms with Gasteiger partial charge in [0.15, 0.2) is 6.29 Å². The molecule has 4 rings (SSSR count). The summed E-state index contributed by atoms with van der Waals surface area (Å²) in [6, 6.07) is 9.76. The van der Waals surface area contributed by atoms with Gasteiger partial charge in [-0.1, -0.05) is 62.2 Å². The zero-order valence-electron chi connectivity index (χ0n) is 15.2. The second-order valence-corrected chi connectivity index (χ2v) is 11.2. The lowest BCUT2D eigenvalue weighted by molar-refractivity contribution is -0.172. The van der Waals surface area contributed by atoms with E-state index in [4.69, 9.17) is 14.2 Å². The van der Waals surface area contributed by atoms with Gasteiger partial charge in [0.1, 0.15) is 6.61 Å². The molecule has 2 aliphatic heterocycles. The molecule has 0 radical (unpaired) electrons. The SMILES string of the molecule is O=C(OCc1ccccc1)N1CCC2C(C1COC1CCCCO1)C2(Br)Br. The maximum atomic E-state index is 12.8. The standard InChI is InChI=1S/C20H25Br2NO4/c21-20(22)15-9-10-23(19(24)27-12-14-6-2-1-3-7-14)16(18(15)20)13-26-17-8-4-5-11-25-17/h1-3,6-7,15-18H,4-5,8-13H2. The predicted molar refractivity (Wildman–Crippen MR) is 109 cm³/mol. The maximum absolute atomic E-state index is 12.8. The fraction of sp³-hybridized carbons (Fsp3) is 0.650. The van der Waals surface area contributed by atoms with Gasteiger partial charge in [-0.3, -0.25) is 0 Å². The second-order valence-electron chi connectivity index (χ2n) is 7.53. The number of amides is 1. The number of nitrogens with zero attached hydrogens (tertiary/aromatic N) is 1. The first kappa shape index (κ1) is 19.7. The molecule has 0 spiro atoms. The fourth-order valence-electron chi connectivity index (χ4n) is 4.22. The number of ether oxygens (including phenoxy) is 3. The lowest BCUT2D eigenvalue weighted by atomic mass is 10.0. The van der Waals surface area contributed by atoms with E-state index in [1.54, 1.807) is 0 Å². The molecule has 2 saturated heterocycles. The van der Waals surface area contributed by atoms with Gasteiger partial charge in [-0.25, -0.2) is 4.79 Å². The molecule has 1 aromatic carbocycles. The molecule has 1 amide bonds. The number of fused-ring (bicyclic) bond motifs is 1. The van der Waals surface area contributed by atoms with Crippen LogP contribution in [0.1, 0.15) is 31.2 Å². The van der Waals surface area contributed by atoms with Crippen LogP contribution in [-0.4, -0.2) is 46.3 Å². The van der Waals surface area contributed by atoms with Gasteiger partial charge >= 0.3 is 6.09 Å². The first-order valence-corrected chi connectivity index (χ1v) is 11.2. The molecule has 4 unspecified atom stereocenters. The molecule has 1 aromatic rings. The summed E-state index contributed by atoms with van der Waals surface area (Å²) in [5.74, 6) is 0.829. The number of hydrogen-bond donors (Lipinski definition) is 0. The van der Waals surface area contributed by atoms with Gasteiger partial charge in [0.25, 0.3) is 0 Å². The van der Waals surface area contributed by atoms with Crippen LogP contribution in [0, 0.1) is 11.8 Å². The molecular weight excluding hydrogens is 478 g/mol. The Bertz CT molecular complexity index is 651. The van der Waals surface area contributed by atoms with Crippen LogP contribution in [-0.2, 0) is 20.8 Å². The molecule has 0 N–H and O–H groups in total. The first-order chi connectivity index (χ1) is 13.1. The topological polar surface area (TPSA) is 48.0 Å². The molecule has 4 atom stereocenters. The van der Waals surface area contributed by atoms with E-state index in [2.05, 4.69) is 31.9 Å². The number of benzene rings is 1.